The Labute approximate surface area is 126 Å². The number of rotatable bonds is 6. The molecule has 1 heterocycles. The van der Waals surface area contributed by atoms with Crippen LogP contribution in [-0.2, 0) is 11.2 Å². The zero-order chi connectivity index (χ0) is 14.2. The zero-order valence-electron chi connectivity index (χ0n) is 12.0. The molecule has 0 N–H and O–H groups in total. The Hall–Kier alpha value is -1.22. The number of thioether (sulfide) groups is 1. The van der Waals surface area contributed by atoms with E-state index in [-0.39, 0.29) is 5.91 Å². The van der Waals surface area contributed by atoms with E-state index in [1.807, 2.05) is 11.0 Å². The van der Waals surface area contributed by atoms with Crippen LogP contribution in [0.2, 0.25) is 0 Å². The van der Waals surface area contributed by atoms with Crippen molar-refractivity contribution in [3.63, 3.8) is 0 Å². The summed E-state index contributed by atoms with van der Waals surface area (Å²) in [6.45, 7) is 5.52. The minimum Gasteiger partial charge on any atom is -0.342 e. The van der Waals surface area contributed by atoms with Crippen LogP contribution in [-0.4, -0.2) is 35.4 Å². The highest BCUT2D eigenvalue weighted by molar-refractivity contribution is 8.00. The number of nitrogens with zero attached hydrogens (tertiary/aromatic N) is 1. The first-order valence-electron chi connectivity index (χ1n) is 7.30. The average Bonchev–Trinajstić information content (AvgIpc) is 2.49. The van der Waals surface area contributed by atoms with Crippen LogP contribution < -0.4 is 0 Å². The lowest BCUT2D eigenvalue weighted by Crippen LogP contribution is -2.39. The second kappa shape index (κ2) is 8.15. The van der Waals surface area contributed by atoms with E-state index in [9.17, 15) is 4.79 Å². The SMILES string of the molecule is C=CCSCC(=O)N1CCC(Cc2ccccc2)CC1. The van der Waals surface area contributed by atoms with Gasteiger partial charge in [-0.2, -0.15) is 0 Å². The van der Waals surface area contributed by atoms with E-state index in [1.54, 1.807) is 11.8 Å². The summed E-state index contributed by atoms with van der Waals surface area (Å²) < 4.78 is 0. The van der Waals surface area contributed by atoms with Gasteiger partial charge in [0, 0.05) is 18.8 Å². The van der Waals surface area contributed by atoms with E-state index in [4.69, 9.17) is 0 Å². The lowest BCUT2D eigenvalue weighted by molar-refractivity contribution is -0.129. The first-order valence-corrected chi connectivity index (χ1v) is 8.45. The Morgan fingerprint density at radius 2 is 2.00 bits per heavy atom. The molecule has 0 bridgehead atoms. The third kappa shape index (κ3) is 4.71. The number of benzene rings is 1. The Morgan fingerprint density at radius 3 is 2.65 bits per heavy atom. The fourth-order valence-corrected chi connectivity index (χ4v) is 3.30. The van der Waals surface area contributed by atoms with Crippen LogP contribution >= 0.6 is 11.8 Å². The summed E-state index contributed by atoms with van der Waals surface area (Å²) >= 11 is 1.65. The molecule has 1 saturated heterocycles. The quantitative estimate of drug-likeness (QED) is 0.591. The van der Waals surface area contributed by atoms with E-state index in [0.29, 0.717) is 5.75 Å². The lowest BCUT2D eigenvalue weighted by Gasteiger charge is -2.32. The molecule has 2 nitrogen and oxygen atoms in total. The van der Waals surface area contributed by atoms with Gasteiger partial charge in [0.2, 0.25) is 5.91 Å². The maximum absolute atomic E-state index is 12.0. The number of hydrogen-bond donors (Lipinski definition) is 0. The van der Waals surface area contributed by atoms with Crippen molar-refractivity contribution in [2.24, 2.45) is 5.92 Å². The van der Waals surface area contributed by atoms with Gasteiger partial charge >= 0.3 is 0 Å². The van der Waals surface area contributed by atoms with E-state index >= 15 is 0 Å². The van der Waals surface area contributed by atoms with Crippen LogP contribution in [0, 0.1) is 5.92 Å². The average molecular weight is 289 g/mol. The monoisotopic (exact) mass is 289 g/mol. The molecule has 0 spiro atoms. The van der Waals surface area contributed by atoms with E-state index in [0.717, 1.165) is 44.0 Å². The molecule has 20 heavy (non-hydrogen) atoms. The molecule has 1 aromatic rings. The number of amides is 1. The van der Waals surface area contributed by atoms with Gasteiger partial charge in [-0.25, -0.2) is 0 Å². The Bertz CT molecular complexity index is 424. The van der Waals surface area contributed by atoms with Gasteiger partial charge in [0.15, 0.2) is 0 Å². The largest absolute Gasteiger partial charge is 0.342 e. The molecule has 0 unspecified atom stereocenters. The maximum atomic E-state index is 12.0. The summed E-state index contributed by atoms with van der Waals surface area (Å²) in [7, 11) is 0. The Kier molecular flexibility index (Phi) is 6.19. The molecule has 3 heteroatoms. The molecule has 2 rings (SSSR count). The highest BCUT2D eigenvalue weighted by atomic mass is 32.2. The molecule has 1 aliphatic heterocycles. The zero-order valence-corrected chi connectivity index (χ0v) is 12.8. The smallest absolute Gasteiger partial charge is 0.232 e. The number of likely N-dealkylation sites (tertiary alicyclic amines) is 1. The predicted molar refractivity (Wildman–Crippen MR) is 87.0 cm³/mol. The number of carbonyl (C=O) groups excluding carboxylic acids is 1. The van der Waals surface area contributed by atoms with Crippen LogP contribution in [0.25, 0.3) is 0 Å². The van der Waals surface area contributed by atoms with Crippen molar-refractivity contribution < 1.29 is 4.79 Å². The van der Waals surface area contributed by atoms with Gasteiger partial charge in [-0.3, -0.25) is 4.79 Å². The van der Waals surface area contributed by atoms with E-state index in [1.165, 1.54) is 5.56 Å². The number of hydrogen-bond acceptors (Lipinski definition) is 2. The second-order valence-electron chi connectivity index (χ2n) is 5.32. The van der Waals surface area contributed by atoms with Crippen LogP contribution in [0.5, 0.6) is 0 Å². The molecule has 0 atom stereocenters. The van der Waals surface area contributed by atoms with Crippen LogP contribution in [0.3, 0.4) is 0 Å². The minimum absolute atomic E-state index is 0.287. The van der Waals surface area contributed by atoms with Gasteiger partial charge in [0.1, 0.15) is 0 Å². The predicted octanol–water partition coefficient (Wildman–Crippen LogP) is 3.39. The molecule has 1 aromatic carbocycles. The molecule has 1 aliphatic rings. The van der Waals surface area contributed by atoms with Crippen molar-refractivity contribution in [1.29, 1.82) is 0 Å². The fourth-order valence-electron chi connectivity index (χ4n) is 2.65. The van der Waals surface area contributed by atoms with Gasteiger partial charge in [0.25, 0.3) is 0 Å². The summed E-state index contributed by atoms with van der Waals surface area (Å²) in [5, 5.41) is 0. The van der Waals surface area contributed by atoms with Crippen molar-refractivity contribution >= 4 is 17.7 Å². The van der Waals surface area contributed by atoms with E-state index in [2.05, 4.69) is 36.9 Å². The van der Waals surface area contributed by atoms with Gasteiger partial charge in [0.05, 0.1) is 5.75 Å². The number of piperidine rings is 1. The molecular formula is C17H23NOS. The molecular weight excluding hydrogens is 266 g/mol. The van der Waals surface area contributed by atoms with Gasteiger partial charge < -0.3 is 4.90 Å². The molecule has 0 saturated carbocycles. The molecule has 1 amide bonds. The second-order valence-corrected chi connectivity index (χ2v) is 6.35. The molecule has 0 radical (unpaired) electrons. The summed E-state index contributed by atoms with van der Waals surface area (Å²) in [5.74, 6) is 2.46. The normalized spacial score (nSPS) is 16.1. The molecule has 1 fully saturated rings. The summed E-state index contributed by atoms with van der Waals surface area (Å²) in [6.07, 6.45) is 5.26. The topological polar surface area (TPSA) is 20.3 Å². The standard InChI is InChI=1S/C17H23NOS/c1-2-12-20-14-17(19)18-10-8-16(9-11-18)13-15-6-4-3-5-7-15/h2-7,16H,1,8-14H2. The van der Waals surface area contributed by atoms with Crippen LogP contribution in [0.15, 0.2) is 43.0 Å². The number of carbonyl (C=O) groups is 1. The Morgan fingerprint density at radius 1 is 1.30 bits per heavy atom. The van der Waals surface area contributed by atoms with Crippen molar-refractivity contribution in [2.75, 3.05) is 24.6 Å². The van der Waals surface area contributed by atoms with Crippen molar-refractivity contribution in [3.8, 4) is 0 Å². The van der Waals surface area contributed by atoms with Crippen LogP contribution in [0.4, 0.5) is 0 Å². The summed E-state index contributed by atoms with van der Waals surface area (Å²) in [6, 6.07) is 10.7. The van der Waals surface area contributed by atoms with Gasteiger partial charge in [-0.15, -0.1) is 18.3 Å². The lowest BCUT2D eigenvalue weighted by atomic mass is 9.90. The first kappa shape index (κ1) is 15.2. The first-order chi connectivity index (χ1) is 9.79. The van der Waals surface area contributed by atoms with Crippen molar-refractivity contribution in [1.82, 2.24) is 4.90 Å². The highest BCUT2D eigenvalue weighted by Crippen LogP contribution is 2.22. The molecule has 108 valence electrons. The van der Waals surface area contributed by atoms with Crippen molar-refractivity contribution in [2.45, 2.75) is 19.3 Å². The molecule has 0 aliphatic carbocycles. The fraction of sp³-hybridized carbons (Fsp3) is 0.471. The molecule has 0 aromatic heterocycles. The van der Waals surface area contributed by atoms with Gasteiger partial charge in [-0.05, 0) is 30.7 Å². The van der Waals surface area contributed by atoms with Crippen molar-refractivity contribution in [3.05, 3.63) is 48.6 Å². The third-order valence-electron chi connectivity index (χ3n) is 3.80. The third-order valence-corrected chi connectivity index (χ3v) is 4.72. The summed E-state index contributed by atoms with van der Waals surface area (Å²) in [4.78, 5) is 14.0. The Balaban J connectivity index is 1.72. The van der Waals surface area contributed by atoms with E-state index < -0.39 is 0 Å². The van der Waals surface area contributed by atoms with Crippen LogP contribution in [0.1, 0.15) is 18.4 Å². The minimum atomic E-state index is 0.287. The van der Waals surface area contributed by atoms with Gasteiger partial charge in [-0.1, -0.05) is 36.4 Å². The highest BCUT2D eigenvalue weighted by Gasteiger charge is 2.22. The summed E-state index contributed by atoms with van der Waals surface area (Å²) in [5.41, 5.74) is 1.42. The maximum Gasteiger partial charge on any atom is 0.232 e.